The molecule has 10 nitrogen and oxygen atoms in total. The van der Waals surface area contributed by atoms with Gasteiger partial charge >= 0.3 is 12.1 Å². The number of aromatic nitrogens is 4. The Labute approximate surface area is 232 Å². The van der Waals surface area contributed by atoms with Gasteiger partial charge in [-0.15, -0.1) is 0 Å². The Morgan fingerprint density at radius 1 is 1.07 bits per heavy atom. The fraction of sp³-hybridized carbons (Fsp3) is 0.0800. The van der Waals surface area contributed by atoms with E-state index in [1.807, 2.05) is 24.3 Å². The van der Waals surface area contributed by atoms with Crippen LogP contribution < -0.4 is 16.0 Å². The Hall–Kier alpha value is -4.79. The number of carboxylic acids is 1. The number of amides is 1. The molecule has 1 amide bonds. The summed E-state index contributed by atoms with van der Waals surface area (Å²) in [5, 5.41) is 20.0. The average molecular weight is 622 g/mol. The molecule has 15 heteroatoms. The number of aliphatic carboxylic acids is 1. The van der Waals surface area contributed by atoms with E-state index >= 15 is 0 Å². The van der Waals surface area contributed by atoms with Gasteiger partial charge in [-0.05, 0) is 42.0 Å². The standard InChI is InChI=1S/C23H19BrFN7O.C2HF3O2/c1-3-21(33)28-16-8-9-19(25)20(10-16)30-22-18(14-4-6-15(24)7-5-14)12-26-23(31-22)29-17-11-27-32(2)13-17;3-2(4,5)1(6)7/h3-13H,1H2,2H3,(H,28,33)(H2,26,29,30,31);(H,6,7). The van der Waals surface area contributed by atoms with E-state index in [-0.39, 0.29) is 5.69 Å². The van der Waals surface area contributed by atoms with Crippen molar-refractivity contribution in [2.75, 3.05) is 16.0 Å². The van der Waals surface area contributed by atoms with Gasteiger partial charge in [0.15, 0.2) is 0 Å². The number of alkyl halides is 3. The highest BCUT2D eigenvalue weighted by Crippen LogP contribution is 2.32. The molecule has 2 heterocycles. The summed E-state index contributed by atoms with van der Waals surface area (Å²) in [4.78, 5) is 29.5. The number of nitrogens with zero attached hydrogens (tertiary/aromatic N) is 4. The van der Waals surface area contributed by atoms with Gasteiger partial charge in [0.2, 0.25) is 11.9 Å². The van der Waals surface area contributed by atoms with Gasteiger partial charge < -0.3 is 21.1 Å². The van der Waals surface area contributed by atoms with Crippen molar-refractivity contribution in [1.82, 2.24) is 19.7 Å². The third-order valence-electron chi connectivity index (χ3n) is 4.82. The van der Waals surface area contributed by atoms with Gasteiger partial charge in [-0.1, -0.05) is 34.6 Å². The maximum absolute atomic E-state index is 14.6. The zero-order valence-corrected chi connectivity index (χ0v) is 22.1. The Bertz CT molecular complexity index is 1530. The van der Waals surface area contributed by atoms with Crippen molar-refractivity contribution in [2.24, 2.45) is 7.05 Å². The van der Waals surface area contributed by atoms with Gasteiger partial charge in [0, 0.05) is 35.2 Å². The molecule has 0 radical (unpaired) electrons. The van der Waals surface area contributed by atoms with Crippen LogP contribution >= 0.6 is 15.9 Å². The lowest BCUT2D eigenvalue weighted by Crippen LogP contribution is -2.21. The molecule has 0 saturated heterocycles. The summed E-state index contributed by atoms with van der Waals surface area (Å²) in [5.41, 5.74) is 2.77. The van der Waals surface area contributed by atoms with Crippen LogP contribution in [-0.4, -0.2) is 42.9 Å². The highest BCUT2D eigenvalue weighted by atomic mass is 79.9. The first kappa shape index (κ1) is 29.8. The van der Waals surface area contributed by atoms with Gasteiger partial charge in [0.05, 0.1) is 17.6 Å². The van der Waals surface area contributed by atoms with Crippen molar-refractivity contribution in [2.45, 2.75) is 6.18 Å². The fourth-order valence-electron chi connectivity index (χ4n) is 3.01. The molecule has 0 fully saturated rings. The number of carboxylic acid groups (broad SMARTS) is 1. The molecule has 208 valence electrons. The Kier molecular flexibility index (Phi) is 9.55. The first-order valence-electron chi connectivity index (χ1n) is 11.0. The molecule has 0 aliphatic carbocycles. The first-order chi connectivity index (χ1) is 18.8. The van der Waals surface area contributed by atoms with E-state index in [1.54, 1.807) is 30.3 Å². The van der Waals surface area contributed by atoms with Crippen LogP contribution in [0, 0.1) is 5.82 Å². The maximum atomic E-state index is 14.6. The molecule has 0 unspecified atom stereocenters. The number of hydrogen-bond donors (Lipinski definition) is 4. The number of aryl methyl sites for hydroxylation is 1. The lowest BCUT2D eigenvalue weighted by molar-refractivity contribution is -0.192. The zero-order valence-electron chi connectivity index (χ0n) is 20.5. The Balaban J connectivity index is 0.000000559. The number of benzene rings is 2. The van der Waals surface area contributed by atoms with Crippen LogP contribution in [0.5, 0.6) is 0 Å². The van der Waals surface area contributed by atoms with Crippen LogP contribution in [-0.2, 0) is 16.6 Å². The van der Waals surface area contributed by atoms with E-state index in [4.69, 9.17) is 9.90 Å². The van der Waals surface area contributed by atoms with Crippen molar-refractivity contribution >= 4 is 56.6 Å². The average Bonchev–Trinajstić information content (AvgIpc) is 3.31. The number of carbonyl (C=O) groups excluding carboxylic acids is 1. The predicted octanol–water partition coefficient (Wildman–Crippen LogP) is 6.02. The van der Waals surface area contributed by atoms with E-state index in [1.165, 1.54) is 18.2 Å². The summed E-state index contributed by atoms with van der Waals surface area (Å²) in [5.74, 6) is -2.97. The number of rotatable bonds is 7. The molecular weight excluding hydrogens is 602 g/mol. The number of anilines is 5. The van der Waals surface area contributed by atoms with E-state index in [0.717, 1.165) is 16.1 Å². The van der Waals surface area contributed by atoms with Crippen molar-refractivity contribution < 1.29 is 32.3 Å². The quantitative estimate of drug-likeness (QED) is 0.145. The van der Waals surface area contributed by atoms with Crippen LogP contribution in [0.15, 0.2) is 78.2 Å². The van der Waals surface area contributed by atoms with Crippen molar-refractivity contribution in [1.29, 1.82) is 0 Å². The van der Waals surface area contributed by atoms with Crippen LogP contribution in [0.4, 0.5) is 46.4 Å². The first-order valence-corrected chi connectivity index (χ1v) is 11.8. The molecule has 4 rings (SSSR count). The van der Waals surface area contributed by atoms with Crippen molar-refractivity contribution in [3.05, 3.63) is 84.0 Å². The van der Waals surface area contributed by atoms with Crippen molar-refractivity contribution in [3.63, 3.8) is 0 Å². The minimum Gasteiger partial charge on any atom is -0.475 e. The minimum atomic E-state index is -5.08. The SMILES string of the molecule is C=CC(=O)Nc1ccc(F)c(Nc2nc(Nc3cnn(C)c3)ncc2-c2ccc(Br)cc2)c1.O=C(O)C(F)(F)F. The van der Waals surface area contributed by atoms with E-state index < -0.39 is 23.9 Å². The van der Waals surface area contributed by atoms with Crippen LogP contribution in [0.1, 0.15) is 0 Å². The second kappa shape index (κ2) is 12.8. The maximum Gasteiger partial charge on any atom is 0.490 e. The van der Waals surface area contributed by atoms with E-state index in [9.17, 15) is 22.4 Å². The number of hydrogen-bond acceptors (Lipinski definition) is 7. The summed E-state index contributed by atoms with van der Waals surface area (Å²) in [7, 11) is 1.80. The molecule has 0 aliphatic heterocycles. The topological polar surface area (TPSA) is 134 Å². The summed E-state index contributed by atoms with van der Waals surface area (Å²) >= 11 is 3.43. The predicted molar refractivity (Wildman–Crippen MR) is 144 cm³/mol. The van der Waals surface area contributed by atoms with Gasteiger partial charge in [0.25, 0.3) is 0 Å². The third-order valence-corrected chi connectivity index (χ3v) is 5.35. The molecule has 4 aromatic rings. The molecule has 0 atom stereocenters. The Morgan fingerprint density at radius 3 is 2.33 bits per heavy atom. The van der Waals surface area contributed by atoms with E-state index in [2.05, 4.69) is 53.5 Å². The van der Waals surface area contributed by atoms with Gasteiger partial charge in [-0.25, -0.2) is 14.2 Å². The lowest BCUT2D eigenvalue weighted by Gasteiger charge is -2.14. The third kappa shape index (κ3) is 8.36. The summed E-state index contributed by atoms with van der Waals surface area (Å²) < 4.78 is 48.9. The zero-order chi connectivity index (χ0) is 29.4. The normalized spacial score (nSPS) is 10.7. The summed E-state index contributed by atoms with van der Waals surface area (Å²) in [6, 6.07) is 11.8. The molecule has 0 bridgehead atoms. The van der Waals surface area contributed by atoms with Crippen LogP contribution in [0.3, 0.4) is 0 Å². The number of halogens is 5. The minimum absolute atomic E-state index is 0.140. The monoisotopic (exact) mass is 621 g/mol. The molecule has 0 saturated carbocycles. The molecule has 0 aliphatic rings. The molecule has 40 heavy (non-hydrogen) atoms. The van der Waals surface area contributed by atoms with Gasteiger partial charge in [0.1, 0.15) is 11.6 Å². The highest BCUT2D eigenvalue weighted by molar-refractivity contribution is 9.10. The largest absolute Gasteiger partial charge is 0.490 e. The van der Waals surface area contributed by atoms with Crippen molar-refractivity contribution in [3.8, 4) is 11.1 Å². The smallest absolute Gasteiger partial charge is 0.475 e. The summed E-state index contributed by atoms with van der Waals surface area (Å²) in [6.45, 7) is 3.43. The number of carbonyl (C=O) groups is 2. The fourth-order valence-corrected chi connectivity index (χ4v) is 3.28. The second-order valence-electron chi connectivity index (χ2n) is 7.81. The molecule has 2 aromatic heterocycles. The van der Waals surface area contributed by atoms with Crippen LogP contribution in [0.2, 0.25) is 0 Å². The van der Waals surface area contributed by atoms with Gasteiger partial charge in [-0.2, -0.15) is 23.3 Å². The van der Waals surface area contributed by atoms with Gasteiger partial charge in [-0.3, -0.25) is 9.48 Å². The molecular formula is C25H20BrF4N7O3. The number of nitrogens with one attached hydrogen (secondary N) is 3. The van der Waals surface area contributed by atoms with Crippen LogP contribution in [0.25, 0.3) is 11.1 Å². The summed E-state index contributed by atoms with van der Waals surface area (Å²) in [6.07, 6.45) is 1.14. The Morgan fingerprint density at radius 2 is 1.75 bits per heavy atom. The molecule has 4 N–H and O–H groups in total. The molecule has 2 aromatic carbocycles. The lowest BCUT2D eigenvalue weighted by atomic mass is 10.1. The van der Waals surface area contributed by atoms with E-state index in [0.29, 0.717) is 28.7 Å². The second-order valence-corrected chi connectivity index (χ2v) is 8.72. The molecule has 0 spiro atoms. The highest BCUT2D eigenvalue weighted by Gasteiger charge is 2.38.